The summed E-state index contributed by atoms with van der Waals surface area (Å²) in [5.41, 5.74) is 3.77. The molecular formula is C22H26FN3. The van der Waals surface area contributed by atoms with Crippen molar-refractivity contribution < 1.29 is 4.39 Å². The van der Waals surface area contributed by atoms with E-state index in [9.17, 15) is 4.39 Å². The summed E-state index contributed by atoms with van der Waals surface area (Å²) in [6.07, 6.45) is 7.79. The van der Waals surface area contributed by atoms with Crippen molar-refractivity contribution in [2.75, 3.05) is 19.6 Å². The highest BCUT2D eigenvalue weighted by Crippen LogP contribution is 2.22. The Balaban J connectivity index is 1.19. The second kappa shape index (κ2) is 8.00. The van der Waals surface area contributed by atoms with E-state index in [1.807, 2.05) is 18.3 Å². The molecule has 4 heteroatoms. The molecule has 26 heavy (non-hydrogen) atoms. The van der Waals surface area contributed by atoms with Gasteiger partial charge in [0.15, 0.2) is 0 Å². The first kappa shape index (κ1) is 17.2. The molecule has 0 atom stereocenters. The van der Waals surface area contributed by atoms with E-state index < -0.39 is 0 Å². The molecule has 3 aromatic rings. The number of aryl methyl sites for hydroxylation is 1. The van der Waals surface area contributed by atoms with E-state index in [0.29, 0.717) is 0 Å². The van der Waals surface area contributed by atoms with Gasteiger partial charge < -0.3 is 4.90 Å². The van der Waals surface area contributed by atoms with E-state index >= 15 is 0 Å². The lowest BCUT2D eigenvalue weighted by molar-refractivity contribution is 0.182. The lowest BCUT2D eigenvalue weighted by Gasteiger charge is -2.32. The Morgan fingerprint density at radius 1 is 1.04 bits per heavy atom. The molecule has 0 radical (unpaired) electrons. The average molecular weight is 351 g/mol. The van der Waals surface area contributed by atoms with E-state index in [4.69, 9.17) is 0 Å². The summed E-state index contributed by atoms with van der Waals surface area (Å²) in [4.78, 5) is 2.59. The molecule has 1 saturated heterocycles. The fourth-order valence-electron chi connectivity index (χ4n) is 4.02. The average Bonchev–Trinajstić information content (AvgIpc) is 3.13. The van der Waals surface area contributed by atoms with Crippen LogP contribution in [0.1, 0.15) is 30.4 Å². The topological polar surface area (TPSA) is 31.9 Å². The molecule has 0 saturated carbocycles. The zero-order valence-corrected chi connectivity index (χ0v) is 15.1. The van der Waals surface area contributed by atoms with Crippen LogP contribution in [0.3, 0.4) is 0 Å². The van der Waals surface area contributed by atoms with Crippen LogP contribution >= 0.6 is 0 Å². The summed E-state index contributed by atoms with van der Waals surface area (Å²) in [5, 5.41) is 8.29. The van der Waals surface area contributed by atoms with Crippen LogP contribution < -0.4 is 0 Å². The summed E-state index contributed by atoms with van der Waals surface area (Å²) in [5.74, 6) is 0.593. The number of aromatic nitrogens is 2. The number of hydrogen-bond donors (Lipinski definition) is 1. The first-order valence-electron chi connectivity index (χ1n) is 9.65. The molecule has 1 aromatic heterocycles. The summed E-state index contributed by atoms with van der Waals surface area (Å²) in [7, 11) is 0. The molecule has 0 spiro atoms. The van der Waals surface area contributed by atoms with Crippen LogP contribution in [0.4, 0.5) is 4.39 Å². The van der Waals surface area contributed by atoms with Gasteiger partial charge in [-0.05, 0) is 93.0 Å². The van der Waals surface area contributed by atoms with Crippen molar-refractivity contribution in [1.29, 1.82) is 0 Å². The Morgan fingerprint density at radius 3 is 2.62 bits per heavy atom. The molecule has 0 amide bonds. The van der Waals surface area contributed by atoms with Crippen molar-refractivity contribution in [2.45, 2.75) is 32.1 Å². The zero-order valence-electron chi connectivity index (χ0n) is 15.1. The molecule has 1 N–H and O–H groups in total. The molecule has 1 fully saturated rings. The molecule has 2 aromatic carbocycles. The van der Waals surface area contributed by atoms with Crippen molar-refractivity contribution in [3.05, 3.63) is 65.6 Å². The second-order valence-corrected chi connectivity index (χ2v) is 7.51. The standard InChI is InChI=1S/C22H26FN3/c23-21-6-3-18(4-7-21)14-19-9-12-26(13-10-19)11-1-2-17-5-8-22-20(15-17)16-24-25-22/h3-8,15-16,19H,1-2,9-14H2,(H,24,25). The fourth-order valence-corrected chi connectivity index (χ4v) is 4.02. The van der Waals surface area contributed by atoms with Gasteiger partial charge in [-0.25, -0.2) is 4.39 Å². The summed E-state index contributed by atoms with van der Waals surface area (Å²) < 4.78 is 13.0. The van der Waals surface area contributed by atoms with Crippen LogP contribution in [-0.2, 0) is 12.8 Å². The summed E-state index contributed by atoms with van der Waals surface area (Å²) >= 11 is 0. The Morgan fingerprint density at radius 2 is 1.81 bits per heavy atom. The van der Waals surface area contributed by atoms with Gasteiger partial charge in [0.1, 0.15) is 5.82 Å². The van der Waals surface area contributed by atoms with E-state index in [-0.39, 0.29) is 5.82 Å². The van der Waals surface area contributed by atoms with Gasteiger partial charge in [0.05, 0.1) is 11.7 Å². The molecule has 3 nitrogen and oxygen atoms in total. The third-order valence-corrected chi connectivity index (χ3v) is 5.59. The third-order valence-electron chi connectivity index (χ3n) is 5.59. The van der Waals surface area contributed by atoms with Gasteiger partial charge in [0.25, 0.3) is 0 Å². The van der Waals surface area contributed by atoms with Crippen molar-refractivity contribution in [3.63, 3.8) is 0 Å². The number of rotatable bonds is 6. The minimum absolute atomic E-state index is 0.143. The predicted octanol–water partition coefficient (Wildman–Crippen LogP) is 4.59. The molecule has 4 rings (SSSR count). The number of piperidine rings is 1. The smallest absolute Gasteiger partial charge is 0.123 e. The molecule has 0 aliphatic carbocycles. The van der Waals surface area contributed by atoms with Crippen LogP contribution in [0.5, 0.6) is 0 Å². The van der Waals surface area contributed by atoms with Gasteiger partial charge in [-0.2, -0.15) is 5.10 Å². The predicted molar refractivity (Wildman–Crippen MR) is 104 cm³/mol. The zero-order chi connectivity index (χ0) is 17.8. The summed E-state index contributed by atoms with van der Waals surface area (Å²) in [6, 6.07) is 13.6. The Kier molecular flexibility index (Phi) is 5.30. The number of H-pyrrole nitrogens is 1. The SMILES string of the molecule is Fc1ccc(CC2CCN(CCCc3ccc4[nH]ncc4c3)CC2)cc1. The summed E-state index contributed by atoms with van der Waals surface area (Å²) in [6.45, 7) is 3.55. The first-order valence-corrected chi connectivity index (χ1v) is 9.65. The first-order chi connectivity index (χ1) is 12.8. The highest BCUT2D eigenvalue weighted by Gasteiger charge is 2.19. The van der Waals surface area contributed by atoms with E-state index in [0.717, 1.165) is 24.3 Å². The maximum Gasteiger partial charge on any atom is 0.123 e. The minimum atomic E-state index is -0.143. The lowest BCUT2D eigenvalue weighted by atomic mass is 9.90. The van der Waals surface area contributed by atoms with Crippen molar-refractivity contribution >= 4 is 10.9 Å². The van der Waals surface area contributed by atoms with Crippen LogP contribution in [0.25, 0.3) is 10.9 Å². The molecule has 0 unspecified atom stereocenters. The lowest BCUT2D eigenvalue weighted by Crippen LogP contribution is -2.35. The number of fused-ring (bicyclic) bond motifs is 1. The fraction of sp³-hybridized carbons (Fsp3) is 0.409. The molecule has 2 heterocycles. The number of likely N-dealkylation sites (tertiary alicyclic amines) is 1. The van der Waals surface area contributed by atoms with Crippen LogP contribution in [0.2, 0.25) is 0 Å². The number of aromatic amines is 1. The molecule has 1 aliphatic heterocycles. The van der Waals surface area contributed by atoms with Gasteiger partial charge >= 0.3 is 0 Å². The third kappa shape index (κ3) is 4.31. The highest BCUT2D eigenvalue weighted by atomic mass is 19.1. The van der Waals surface area contributed by atoms with Gasteiger partial charge in [-0.3, -0.25) is 5.10 Å². The second-order valence-electron chi connectivity index (χ2n) is 7.51. The number of nitrogens with zero attached hydrogens (tertiary/aromatic N) is 2. The van der Waals surface area contributed by atoms with Crippen molar-refractivity contribution in [1.82, 2.24) is 15.1 Å². The normalized spacial score (nSPS) is 16.3. The largest absolute Gasteiger partial charge is 0.303 e. The molecule has 0 bridgehead atoms. The minimum Gasteiger partial charge on any atom is -0.303 e. The Bertz CT molecular complexity index is 832. The quantitative estimate of drug-likeness (QED) is 0.704. The Hall–Kier alpha value is -2.20. The van der Waals surface area contributed by atoms with Crippen molar-refractivity contribution in [3.8, 4) is 0 Å². The van der Waals surface area contributed by atoms with Gasteiger partial charge in [0.2, 0.25) is 0 Å². The maximum absolute atomic E-state index is 13.0. The van der Waals surface area contributed by atoms with E-state index in [1.165, 1.54) is 55.4 Å². The Labute approximate surface area is 154 Å². The van der Waals surface area contributed by atoms with Gasteiger partial charge in [-0.1, -0.05) is 18.2 Å². The van der Waals surface area contributed by atoms with E-state index in [1.54, 1.807) is 12.1 Å². The molecule has 1 aliphatic rings. The maximum atomic E-state index is 13.0. The van der Waals surface area contributed by atoms with Gasteiger partial charge in [-0.15, -0.1) is 0 Å². The van der Waals surface area contributed by atoms with Crippen LogP contribution in [-0.4, -0.2) is 34.7 Å². The van der Waals surface area contributed by atoms with Crippen LogP contribution in [0.15, 0.2) is 48.7 Å². The number of benzene rings is 2. The van der Waals surface area contributed by atoms with E-state index in [2.05, 4.69) is 33.3 Å². The number of nitrogens with one attached hydrogen (secondary N) is 1. The number of hydrogen-bond acceptors (Lipinski definition) is 2. The molecule has 136 valence electrons. The van der Waals surface area contributed by atoms with Crippen molar-refractivity contribution in [2.24, 2.45) is 5.92 Å². The highest BCUT2D eigenvalue weighted by molar-refractivity contribution is 5.78. The van der Waals surface area contributed by atoms with Gasteiger partial charge in [0, 0.05) is 5.39 Å². The van der Waals surface area contributed by atoms with Crippen LogP contribution in [0, 0.1) is 11.7 Å². The number of halogens is 1. The monoisotopic (exact) mass is 351 g/mol. The molecular weight excluding hydrogens is 325 g/mol.